The molecule has 5 aromatic rings. The number of aromatic nitrogens is 2. The van der Waals surface area contributed by atoms with Gasteiger partial charge in [0.25, 0.3) is 5.91 Å². The Hall–Kier alpha value is -5.29. The second-order valence-electron chi connectivity index (χ2n) is 11.6. The molecule has 10 heteroatoms. The van der Waals surface area contributed by atoms with Gasteiger partial charge in [-0.05, 0) is 59.2 Å². The highest BCUT2D eigenvalue weighted by atomic mass is 16.6. The van der Waals surface area contributed by atoms with Gasteiger partial charge in [-0.3, -0.25) is 9.36 Å². The minimum atomic E-state index is -1.11. The normalized spacial score (nSPS) is 19.1. The second kappa shape index (κ2) is 14.2. The molecule has 0 bridgehead atoms. The molecule has 0 aliphatic carbocycles. The Bertz CT molecular complexity index is 1830. The zero-order valence-electron chi connectivity index (χ0n) is 26.9. The quantitative estimate of drug-likeness (QED) is 0.183. The van der Waals surface area contributed by atoms with Gasteiger partial charge in [0.1, 0.15) is 35.2 Å². The number of hydrogen-bond donors (Lipinski definition) is 2. The van der Waals surface area contributed by atoms with E-state index in [1.165, 1.54) is 16.8 Å². The van der Waals surface area contributed by atoms with E-state index < -0.39 is 35.6 Å². The molecular formula is C38H37N3O7. The van der Waals surface area contributed by atoms with Crippen molar-refractivity contribution < 1.29 is 28.8 Å². The van der Waals surface area contributed by atoms with Crippen molar-refractivity contribution in [1.82, 2.24) is 9.55 Å². The number of nitrogens with zero attached hydrogens (tertiary/aromatic N) is 2. The minimum Gasteiger partial charge on any atom is -0.497 e. The SMILES string of the molecule is COc1ccc(C(OC[C@H]2O[C@@H](n3ccc(NC(=O)c4ccccc4)nc3=O)[C@H](C)[C@@H]2O)(c2ccccc2)c2ccc(OC)cc2)cc1. The van der Waals surface area contributed by atoms with Gasteiger partial charge in [-0.2, -0.15) is 4.98 Å². The van der Waals surface area contributed by atoms with Crippen LogP contribution in [0.15, 0.2) is 126 Å². The standard InChI is InChI=1S/C38H37N3O7/c1-25-34(42)32(48-36(25)41-23-22-33(40-37(41)44)39-35(43)26-10-6-4-7-11-26)24-47-38(27-12-8-5-9-13-27,28-14-18-30(45-2)19-15-28)29-16-20-31(46-3)21-17-29/h4-23,25,32,34,36,42H,24H2,1-3H3,(H,39,40,43,44)/t25-,32-,34+,36-/m1/s1. The van der Waals surface area contributed by atoms with E-state index in [0.717, 1.165) is 16.7 Å². The molecule has 0 unspecified atom stereocenters. The van der Waals surface area contributed by atoms with Crippen molar-refractivity contribution in [2.24, 2.45) is 5.92 Å². The summed E-state index contributed by atoms with van der Waals surface area (Å²) >= 11 is 0. The maximum Gasteiger partial charge on any atom is 0.351 e. The summed E-state index contributed by atoms with van der Waals surface area (Å²) in [5, 5.41) is 14.0. The van der Waals surface area contributed by atoms with E-state index >= 15 is 0 Å². The summed E-state index contributed by atoms with van der Waals surface area (Å²) in [4.78, 5) is 29.8. The molecule has 4 atom stereocenters. The summed E-state index contributed by atoms with van der Waals surface area (Å²) in [7, 11) is 3.23. The maximum absolute atomic E-state index is 13.2. The highest BCUT2D eigenvalue weighted by molar-refractivity contribution is 6.03. The molecule has 10 nitrogen and oxygen atoms in total. The molecule has 1 aliphatic heterocycles. The third-order valence-electron chi connectivity index (χ3n) is 8.70. The Morgan fingerprint density at radius 2 is 1.38 bits per heavy atom. The second-order valence-corrected chi connectivity index (χ2v) is 11.6. The number of ether oxygens (including phenoxy) is 4. The molecule has 1 saturated heterocycles. The van der Waals surface area contributed by atoms with E-state index in [1.807, 2.05) is 91.9 Å². The molecule has 48 heavy (non-hydrogen) atoms. The van der Waals surface area contributed by atoms with Crippen LogP contribution in [0, 0.1) is 5.92 Å². The number of aliphatic hydroxyl groups excluding tert-OH is 1. The largest absolute Gasteiger partial charge is 0.497 e. The number of carbonyl (C=O) groups excluding carboxylic acids is 1. The van der Waals surface area contributed by atoms with Crippen molar-refractivity contribution in [3.05, 3.63) is 154 Å². The lowest BCUT2D eigenvalue weighted by atomic mass is 9.80. The van der Waals surface area contributed by atoms with Gasteiger partial charge in [-0.1, -0.05) is 79.7 Å². The van der Waals surface area contributed by atoms with Crippen LogP contribution in [0.25, 0.3) is 0 Å². The summed E-state index contributed by atoms with van der Waals surface area (Å²) in [6.07, 6.45) is -1.05. The summed E-state index contributed by atoms with van der Waals surface area (Å²) in [5.41, 5.74) is 1.25. The lowest BCUT2D eigenvalue weighted by molar-refractivity contribution is -0.0947. The molecule has 2 N–H and O–H groups in total. The lowest BCUT2D eigenvalue weighted by Gasteiger charge is -2.37. The molecule has 0 radical (unpaired) electrons. The van der Waals surface area contributed by atoms with Crippen LogP contribution < -0.4 is 20.5 Å². The molecule has 1 aromatic heterocycles. The Kier molecular flexibility index (Phi) is 9.67. The Balaban J connectivity index is 1.29. The predicted octanol–water partition coefficient (Wildman–Crippen LogP) is 5.42. The number of carbonyl (C=O) groups is 1. The van der Waals surface area contributed by atoms with Gasteiger partial charge in [-0.25, -0.2) is 4.79 Å². The fourth-order valence-electron chi connectivity index (χ4n) is 6.08. The summed E-state index contributed by atoms with van der Waals surface area (Å²) in [6.45, 7) is 1.80. The van der Waals surface area contributed by atoms with Crippen molar-refractivity contribution in [3.63, 3.8) is 0 Å². The molecule has 1 fully saturated rings. The number of anilines is 1. The first kappa shape index (κ1) is 32.6. The Morgan fingerprint density at radius 1 is 0.833 bits per heavy atom. The molecule has 246 valence electrons. The highest BCUT2D eigenvalue weighted by Gasteiger charge is 2.45. The molecule has 1 aliphatic rings. The smallest absolute Gasteiger partial charge is 0.351 e. The van der Waals surface area contributed by atoms with Crippen LogP contribution in [-0.4, -0.2) is 53.6 Å². The Morgan fingerprint density at radius 3 is 1.92 bits per heavy atom. The zero-order chi connectivity index (χ0) is 33.7. The van der Waals surface area contributed by atoms with Gasteiger partial charge in [-0.15, -0.1) is 0 Å². The van der Waals surface area contributed by atoms with Crippen LogP contribution in [0.5, 0.6) is 11.5 Å². The predicted molar refractivity (Wildman–Crippen MR) is 180 cm³/mol. The van der Waals surface area contributed by atoms with Crippen LogP contribution in [-0.2, 0) is 15.1 Å². The first-order valence-corrected chi connectivity index (χ1v) is 15.6. The van der Waals surface area contributed by atoms with Crippen molar-refractivity contribution >= 4 is 11.7 Å². The van der Waals surface area contributed by atoms with Crippen molar-refractivity contribution in [2.75, 3.05) is 26.1 Å². The van der Waals surface area contributed by atoms with Crippen molar-refractivity contribution in [3.8, 4) is 11.5 Å². The van der Waals surface area contributed by atoms with Crippen LogP contribution in [0.2, 0.25) is 0 Å². The first-order chi connectivity index (χ1) is 23.3. The van der Waals surface area contributed by atoms with Gasteiger partial charge in [0.2, 0.25) is 0 Å². The van der Waals surface area contributed by atoms with E-state index in [4.69, 9.17) is 18.9 Å². The van der Waals surface area contributed by atoms with Gasteiger partial charge in [0.15, 0.2) is 0 Å². The van der Waals surface area contributed by atoms with Gasteiger partial charge < -0.3 is 29.4 Å². The van der Waals surface area contributed by atoms with Crippen molar-refractivity contribution in [1.29, 1.82) is 0 Å². The number of rotatable bonds is 11. The van der Waals surface area contributed by atoms with E-state index in [-0.39, 0.29) is 18.3 Å². The van der Waals surface area contributed by atoms with Gasteiger partial charge >= 0.3 is 5.69 Å². The summed E-state index contributed by atoms with van der Waals surface area (Å²) < 4.78 is 25.5. The summed E-state index contributed by atoms with van der Waals surface area (Å²) in [6, 6.07) is 35.4. The molecule has 0 saturated carbocycles. The molecule has 2 heterocycles. The average molecular weight is 648 g/mol. The van der Waals surface area contributed by atoms with E-state index in [0.29, 0.717) is 17.1 Å². The fraction of sp³-hybridized carbons (Fsp3) is 0.237. The lowest BCUT2D eigenvalue weighted by Crippen LogP contribution is -2.38. The van der Waals surface area contributed by atoms with E-state index in [2.05, 4.69) is 10.3 Å². The van der Waals surface area contributed by atoms with Crippen LogP contribution in [0.1, 0.15) is 40.2 Å². The monoisotopic (exact) mass is 647 g/mol. The Labute approximate surface area is 278 Å². The maximum atomic E-state index is 13.2. The number of methoxy groups -OCH3 is 2. The fourth-order valence-corrected chi connectivity index (χ4v) is 6.08. The van der Waals surface area contributed by atoms with E-state index in [1.54, 1.807) is 38.5 Å². The molecular weight excluding hydrogens is 610 g/mol. The van der Waals surface area contributed by atoms with E-state index in [9.17, 15) is 14.7 Å². The number of benzene rings is 4. The first-order valence-electron chi connectivity index (χ1n) is 15.6. The number of nitrogens with one attached hydrogen (secondary N) is 1. The molecule has 0 spiro atoms. The third kappa shape index (κ3) is 6.46. The number of amides is 1. The summed E-state index contributed by atoms with van der Waals surface area (Å²) in [5.74, 6) is 0.658. The van der Waals surface area contributed by atoms with Crippen LogP contribution >= 0.6 is 0 Å². The van der Waals surface area contributed by atoms with Crippen molar-refractivity contribution in [2.45, 2.75) is 31.0 Å². The highest BCUT2D eigenvalue weighted by Crippen LogP contribution is 2.43. The minimum absolute atomic E-state index is 0.0116. The molecule has 1 amide bonds. The number of aliphatic hydroxyl groups is 1. The molecule has 6 rings (SSSR count). The third-order valence-corrected chi connectivity index (χ3v) is 8.70. The number of hydrogen-bond acceptors (Lipinski definition) is 8. The zero-order valence-corrected chi connectivity index (χ0v) is 26.9. The van der Waals surface area contributed by atoms with Gasteiger partial charge in [0.05, 0.1) is 26.9 Å². The van der Waals surface area contributed by atoms with Gasteiger partial charge in [0, 0.05) is 17.7 Å². The average Bonchev–Trinajstić information content (AvgIpc) is 3.42. The van der Waals surface area contributed by atoms with Crippen LogP contribution in [0.4, 0.5) is 5.82 Å². The molecule has 4 aromatic carbocycles. The van der Waals surface area contributed by atoms with Crippen LogP contribution in [0.3, 0.4) is 0 Å². The topological polar surface area (TPSA) is 121 Å².